The lowest BCUT2D eigenvalue weighted by Gasteiger charge is -2.29. The molecule has 1 aliphatic carbocycles. The van der Waals surface area contributed by atoms with Crippen LogP contribution in [0.15, 0.2) is 0 Å². The summed E-state index contributed by atoms with van der Waals surface area (Å²) in [6.07, 6.45) is 5.30. The van der Waals surface area contributed by atoms with Crippen LogP contribution in [0.25, 0.3) is 0 Å². The highest BCUT2D eigenvalue weighted by Gasteiger charge is 2.32. The van der Waals surface area contributed by atoms with Crippen LogP contribution in [0.2, 0.25) is 0 Å². The Morgan fingerprint density at radius 1 is 1.19 bits per heavy atom. The van der Waals surface area contributed by atoms with E-state index in [4.69, 9.17) is 5.11 Å². The van der Waals surface area contributed by atoms with Gasteiger partial charge in [0.2, 0.25) is 0 Å². The molecule has 0 spiro atoms. The predicted octanol–water partition coefficient (Wildman–Crippen LogP) is 1.29. The highest BCUT2D eigenvalue weighted by Crippen LogP contribution is 2.29. The van der Waals surface area contributed by atoms with Crippen molar-refractivity contribution in [3.63, 3.8) is 0 Å². The Labute approximate surface area is 125 Å². The van der Waals surface area contributed by atoms with Gasteiger partial charge in [0.05, 0.1) is 5.92 Å². The van der Waals surface area contributed by atoms with Crippen LogP contribution < -0.4 is 5.32 Å². The molecule has 0 aromatic heterocycles. The molecule has 2 amide bonds. The molecule has 6 nitrogen and oxygen atoms in total. The topological polar surface area (TPSA) is 89.9 Å². The molecule has 3 atom stereocenters. The number of urea groups is 1. The Morgan fingerprint density at radius 2 is 1.95 bits per heavy atom. The van der Waals surface area contributed by atoms with E-state index in [1.54, 1.807) is 4.90 Å². The summed E-state index contributed by atoms with van der Waals surface area (Å²) >= 11 is 0. The van der Waals surface area contributed by atoms with Gasteiger partial charge < -0.3 is 20.4 Å². The number of amides is 2. The van der Waals surface area contributed by atoms with Crippen LogP contribution in [-0.4, -0.2) is 53.4 Å². The number of rotatable bonds is 5. The van der Waals surface area contributed by atoms with Gasteiger partial charge in [-0.2, -0.15) is 0 Å². The van der Waals surface area contributed by atoms with E-state index in [1.165, 1.54) is 0 Å². The zero-order chi connectivity index (χ0) is 15.2. The third kappa shape index (κ3) is 4.33. The van der Waals surface area contributed by atoms with Crippen molar-refractivity contribution in [3.8, 4) is 0 Å². The molecule has 0 aromatic rings. The minimum absolute atomic E-state index is 0.0519. The van der Waals surface area contributed by atoms with E-state index in [2.05, 4.69) is 5.32 Å². The number of hydrogen-bond acceptors (Lipinski definition) is 3. The Bertz CT molecular complexity index is 375. The molecule has 1 saturated heterocycles. The quantitative estimate of drug-likeness (QED) is 0.713. The second-order valence-corrected chi connectivity index (χ2v) is 6.29. The molecule has 120 valence electrons. The number of carboxylic acids is 1. The number of nitrogens with zero attached hydrogens (tertiary/aromatic N) is 1. The average Bonchev–Trinajstić information content (AvgIpc) is 2.94. The predicted molar refractivity (Wildman–Crippen MR) is 77.9 cm³/mol. The first-order valence-corrected chi connectivity index (χ1v) is 7.98. The number of carbonyl (C=O) groups excluding carboxylic acids is 1. The van der Waals surface area contributed by atoms with E-state index in [9.17, 15) is 14.7 Å². The molecule has 21 heavy (non-hydrogen) atoms. The standard InChI is InChI=1S/C15H26N2O4/c18-8-6-11-5-7-17(10-11)15(21)16-9-12-3-1-2-4-13(12)14(19)20/h11-13,18H,1-10H2,(H,16,21)(H,19,20). The fraction of sp³-hybridized carbons (Fsp3) is 0.867. The number of hydrogen-bond donors (Lipinski definition) is 3. The molecule has 2 rings (SSSR count). The second-order valence-electron chi connectivity index (χ2n) is 6.29. The molecule has 0 radical (unpaired) electrons. The first-order valence-electron chi connectivity index (χ1n) is 7.98. The lowest BCUT2D eigenvalue weighted by atomic mass is 9.79. The van der Waals surface area contributed by atoms with Gasteiger partial charge in [-0.3, -0.25) is 4.79 Å². The highest BCUT2D eigenvalue weighted by molar-refractivity contribution is 5.75. The van der Waals surface area contributed by atoms with Gasteiger partial charge in [0.1, 0.15) is 0 Å². The number of carboxylic acid groups (broad SMARTS) is 1. The molecule has 1 aliphatic heterocycles. The van der Waals surface area contributed by atoms with Gasteiger partial charge in [0.25, 0.3) is 0 Å². The first-order chi connectivity index (χ1) is 10.1. The third-order valence-electron chi connectivity index (χ3n) is 4.85. The maximum Gasteiger partial charge on any atom is 0.317 e. The number of aliphatic hydroxyl groups excluding tert-OH is 1. The van der Waals surface area contributed by atoms with Crippen molar-refractivity contribution < 1.29 is 19.8 Å². The van der Waals surface area contributed by atoms with Gasteiger partial charge in [-0.1, -0.05) is 12.8 Å². The van der Waals surface area contributed by atoms with Gasteiger partial charge in [-0.15, -0.1) is 0 Å². The molecule has 2 fully saturated rings. The van der Waals surface area contributed by atoms with Gasteiger partial charge in [-0.25, -0.2) is 4.79 Å². The van der Waals surface area contributed by atoms with Gasteiger partial charge in [0.15, 0.2) is 0 Å². The average molecular weight is 298 g/mol. The van der Waals surface area contributed by atoms with Crippen LogP contribution in [0.3, 0.4) is 0 Å². The molecule has 2 aliphatic rings. The molecular formula is C15H26N2O4. The summed E-state index contributed by atoms with van der Waals surface area (Å²) in [5, 5.41) is 21.1. The van der Waals surface area contributed by atoms with E-state index in [0.29, 0.717) is 19.0 Å². The fourth-order valence-electron chi connectivity index (χ4n) is 3.54. The maximum absolute atomic E-state index is 12.1. The van der Waals surface area contributed by atoms with Crippen LogP contribution in [0, 0.1) is 17.8 Å². The van der Waals surface area contributed by atoms with E-state index in [1.807, 2.05) is 0 Å². The monoisotopic (exact) mass is 298 g/mol. The van der Waals surface area contributed by atoms with Crippen molar-refractivity contribution in [2.24, 2.45) is 17.8 Å². The summed E-state index contributed by atoms with van der Waals surface area (Å²) in [6, 6.07) is -0.0925. The van der Waals surface area contributed by atoms with Gasteiger partial charge in [-0.05, 0) is 37.5 Å². The summed E-state index contributed by atoms with van der Waals surface area (Å²) in [6.45, 7) is 2.04. The molecule has 1 saturated carbocycles. The third-order valence-corrected chi connectivity index (χ3v) is 4.85. The second kappa shape index (κ2) is 7.64. The Morgan fingerprint density at radius 3 is 2.67 bits per heavy atom. The Hall–Kier alpha value is -1.30. The minimum atomic E-state index is -0.738. The Kier molecular flexibility index (Phi) is 5.85. The van der Waals surface area contributed by atoms with Crippen molar-refractivity contribution in [2.75, 3.05) is 26.2 Å². The zero-order valence-electron chi connectivity index (χ0n) is 12.5. The van der Waals surface area contributed by atoms with E-state index in [-0.39, 0.29) is 24.5 Å². The summed E-state index contributed by atoms with van der Waals surface area (Å²) < 4.78 is 0. The highest BCUT2D eigenvalue weighted by atomic mass is 16.4. The minimum Gasteiger partial charge on any atom is -0.481 e. The smallest absolute Gasteiger partial charge is 0.317 e. The van der Waals surface area contributed by atoms with E-state index in [0.717, 1.165) is 45.1 Å². The summed E-state index contributed by atoms with van der Waals surface area (Å²) in [4.78, 5) is 25.1. The lowest BCUT2D eigenvalue weighted by Crippen LogP contribution is -2.43. The van der Waals surface area contributed by atoms with Crippen molar-refractivity contribution in [1.82, 2.24) is 10.2 Å². The summed E-state index contributed by atoms with van der Waals surface area (Å²) in [5.41, 5.74) is 0. The van der Waals surface area contributed by atoms with Crippen molar-refractivity contribution in [2.45, 2.75) is 38.5 Å². The normalized spacial score (nSPS) is 29.4. The molecular weight excluding hydrogens is 272 g/mol. The maximum atomic E-state index is 12.1. The van der Waals surface area contributed by atoms with Crippen molar-refractivity contribution in [1.29, 1.82) is 0 Å². The number of nitrogens with one attached hydrogen (secondary N) is 1. The van der Waals surface area contributed by atoms with Gasteiger partial charge >= 0.3 is 12.0 Å². The van der Waals surface area contributed by atoms with Crippen LogP contribution in [-0.2, 0) is 4.79 Å². The van der Waals surface area contributed by atoms with Crippen molar-refractivity contribution in [3.05, 3.63) is 0 Å². The van der Waals surface area contributed by atoms with Gasteiger partial charge in [0, 0.05) is 26.2 Å². The van der Waals surface area contributed by atoms with Crippen LogP contribution in [0.1, 0.15) is 38.5 Å². The number of aliphatic carboxylic acids is 1. The van der Waals surface area contributed by atoms with E-state index < -0.39 is 5.97 Å². The molecule has 3 unspecified atom stereocenters. The number of carbonyl (C=O) groups is 2. The largest absolute Gasteiger partial charge is 0.481 e. The van der Waals surface area contributed by atoms with E-state index >= 15 is 0 Å². The summed E-state index contributed by atoms with van der Waals surface area (Å²) in [5.74, 6) is -0.615. The molecule has 0 aromatic carbocycles. The molecule has 1 heterocycles. The van der Waals surface area contributed by atoms with Crippen molar-refractivity contribution >= 4 is 12.0 Å². The fourth-order valence-corrected chi connectivity index (χ4v) is 3.54. The first kappa shape index (κ1) is 16.1. The van der Waals surface area contributed by atoms with Crippen LogP contribution in [0.5, 0.6) is 0 Å². The number of aliphatic hydroxyl groups is 1. The molecule has 6 heteroatoms. The zero-order valence-corrected chi connectivity index (χ0v) is 12.5. The molecule has 0 bridgehead atoms. The number of likely N-dealkylation sites (tertiary alicyclic amines) is 1. The van der Waals surface area contributed by atoms with Crippen LogP contribution in [0.4, 0.5) is 4.79 Å². The Balaban J connectivity index is 1.77. The SMILES string of the molecule is O=C(O)C1CCCCC1CNC(=O)N1CCC(CCO)C1. The van der Waals surface area contributed by atoms with Crippen LogP contribution >= 0.6 is 0 Å². The summed E-state index contributed by atoms with van der Waals surface area (Å²) in [7, 11) is 0. The lowest BCUT2D eigenvalue weighted by molar-refractivity contribution is -0.144. The molecule has 3 N–H and O–H groups in total.